The largest absolute Gasteiger partial charge is 0.235 e. The molecule has 0 N–H and O–H groups in total. The SMILES string of the molecule is Cc1ccc2c(c1)sc(C)[n+]2Cc1ccc2ccccc2c1. The summed E-state index contributed by atoms with van der Waals surface area (Å²) >= 11 is 1.88. The minimum absolute atomic E-state index is 0.930. The van der Waals surface area contributed by atoms with Crippen molar-refractivity contribution < 1.29 is 4.57 Å². The second-order valence-electron chi connectivity index (χ2n) is 5.86. The number of rotatable bonds is 2. The zero-order valence-electron chi connectivity index (χ0n) is 12.8. The Morgan fingerprint density at radius 1 is 0.864 bits per heavy atom. The number of aromatic nitrogens is 1. The third-order valence-corrected chi connectivity index (χ3v) is 5.26. The Hall–Kier alpha value is -2.19. The van der Waals surface area contributed by atoms with Gasteiger partial charge in [0, 0.05) is 18.6 Å². The Balaban J connectivity index is 1.80. The quantitative estimate of drug-likeness (QED) is 0.458. The molecule has 0 amide bonds. The van der Waals surface area contributed by atoms with Crippen LogP contribution in [-0.4, -0.2) is 0 Å². The number of thiazole rings is 1. The molecule has 1 nitrogen and oxygen atoms in total. The number of hydrogen-bond donors (Lipinski definition) is 0. The molecule has 0 bridgehead atoms. The summed E-state index contributed by atoms with van der Waals surface area (Å²) in [6.45, 7) is 5.29. The topological polar surface area (TPSA) is 3.88 Å². The van der Waals surface area contributed by atoms with Gasteiger partial charge in [-0.3, -0.25) is 0 Å². The Labute approximate surface area is 134 Å². The smallest absolute Gasteiger partial charge is 0.182 e. The van der Waals surface area contributed by atoms with E-state index >= 15 is 0 Å². The zero-order chi connectivity index (χ0) is 15.1. The number of nitrogens with zero attached hydrogens (tertiary/aromatic N) is 1. The fraction of sp³-hybridized carbons (Fsp3) is 0.150. The van der Waals surface area contributed by atoms with Crippen molar-refractivity contribution in [1.29, 1.82) is 0 Å². The number of fused-ring (bicyclic) bond motifs is 2. The minimum Gasteiger partial charge on any atom is -0.182 e. The molecule has 1 heterocycles. The second kappa shape index (κ2) is 5.22. The minimum atomic E-state index is 0.930. The van der Waals surface area contributed by atoms with Gasteiger partial charge < -0.3 is 0 Å². The first-order valence-corrected chi connectivity index (χ1v) is 8.40. The van der Waals surface area contributed by atoms with Crippen molar-refractivity contribution in [3.05, 3.63) is 76.8 Å². The van der Waals surface area contributed by atoms with Crippen molar-refractivity contribution in [2.45, 2.75) is 20.4 Å². The zero-order valence-corrected chi connectivity index (χ0v) is 13.7. The molecule has 0 radical (unpaired) electrons. The lowest BCUT2D eigenvalue weighted by Gasteiger charge is -2.02. The Kier molecular flexibility index (Phi) is 3.20. The van der Waals surface area contributed by atoms with E-state index in [1.807, 2.05) is 11.3 Å². The maximum atomic E-state index is 2.42. The number of benzene rings is 3. The molecule has 0 saturated heterocycles. The highest BCUT2D eigenvalue weighted by molar-refractivity contribution is 7.18. The van der Waals surface area contributed by atoms with Gasteiger partial charge in [0.1, 0.15) is 4.70 Å². The van der Waals surface area contributed by atoms with Crippen LogP contribution < -0.4 is 4.57 Å². The number of aryl methyl sites for hydroxylation is 2. The highest BCUT2D eigenvalue weighted by Gasteiger charge is 2.17. The molecule has 0 saturated carbocycles. The molecular formula is C20H18NS+. The Morgan fingerprint density at radius 2 is 1.68 bits per heavy atom. The van der Waals surface area contributed by atoms with Crippen molar-refractivity contribution in [3.63, 3.8) is 0 Å². The average Bonchev–Trinajstić information content (AvgIpc) is 2.82. The van der Waals surface area contributed by atoms with Crippen LogP contribution >= 0.6 is 11.3 Å². The van der Waals surface area contributed by atoms with E-state index in [0.717, 1.165) is 6.54 Å². The van der Waals surface area contributed by atoms with Crippen molar-refractivity contribution in [2.24, 2.45) is 0 Å². The van der Waals surface area contributed by atoms with E-state index in [9.17, 15) is 0 Å². The van der Waals surface area contributed by atoms with E-state index < -0.39 is 0 Å². The van der Waals surface area contributed by atoms with Crippen LogP contribution in [0.15, 0.2) is 60.7 Å². The lowest BCUT2D eigenvalue weighted by atomic mass is 10.1. The lowest BCUT2D eigenvalue weighted by Crippen LogP contribution is -2.35. The molecule has 0 atom stereocenters. The highest BCUT2D eigenvalue weighted by atomic mass is 32.1. The molecule has 1 aromatic heterocycles. The summed E-state index contributed by atoms with van der Waals surface area (Å²) < 4.78 is 3.79. The van der Waals surface area contributed by atoms with Gasteiger partial charge in [-0.15, -0.1) is 0 Å². The predicted molar refractivity (Wildman–Crippen MR) is 94.5 cm³/mol. The van der Waals surface area contributed by atoms with Crippen molar-refractivity contribution in [2.75, 3.05) is 0 Å². The van der Waals surface area contributed by atoms with E-state index in [4.69, 9.17) is 0 Å². The van der Waals surface area contributed by atoms with Crippen LogP contribution in [-0.2, 0) is 6.54 Å². The summed E-state index contributed by atoms with van der Waals surface area (Å²) in [6.07, 6.45) is 0. The first kappa shape index (κ1) is 13.5. The summed E-state index contributed by atoms with van der Waals surface area (Å²) in [4.78, 5) is 0. The van der Waals surface area contributed by atoms with Crippen LogP contribution in [0.2, 0.25) is 0 Å². The van der Waals surface area contributed by atoms with Crippen molar-refractivity contribution in [1.82, 2.24) is 0 Å². The van der Waals surface area contributed by atoms with Gasteiger partial charge in [-0.25, -0.2) is 0 Å². The standard InChI is InChI=1S/C20H18NS/c1-14-7-10-19-20(11-14)22-15(2)21(19)13-16-8-9-17-5-3-4-6-18(17)12-16/h3-12H,13H2,1-2H3/q+1. The van der Waals surface area contributed by atoms with E-state index in [2.05, 4.69) is 79.1 Å². The fourth-order valence-electron chi connectivity index (χ4n) is 3.03. The van der Waals surface area contributed by atoms with Gasteiger partial charge in [0.05, 0.1) is 0 Å². The third-order valence-electron chi connectivity index (χ3n) is 4.20. The molecule has 0 unspecified atom stereocenters. The molecule has 2 heteroatoms. The summed E-state index contributed by atoms with van der Waals surface area (Å²) in [5.74, 6) is 0. The van der Waals surface area contributed by atoms with Crippen LogP contribution in [0.3, 0.4) is 0 Å². The summed E-state index contributed by atoms with van der Waals surface area (Å²) in [5.41, 5.74) is 4.01. The summed E-state index contributed by atoms with van der Waals surface area (Å²) in [7, 11) is 0. The summed E-state index contributed by atoms with van der Waals surface area (Å²) in [6, 6.07) is 22.0. The van der Waals surface area contributed by atoms with Gasteiger partial charge in [-0.05, 0) is 35.4 Å². The van der Waals surface area contributed by atoms with Crippen LogP contribution in [0.25, 0.3) is 21.0 Å². The van der Waals surface area contributed by atoms with Crippen molar-refractivity contribution >= 4 is 32.3 Å². The third kappa shape index (κ3) is 2.30. The Morgan fingerprint density at radius 3 is 2.55 bits per heavy atom. The van der Waals surface area contributed by atoms with Gasteiger partial charge in [0.15, 0.2) is 6.54 Å². The van der Waals surface area contributed by atoms with Crippen LogP contribution in [0.5, 0.6) is 0 Å². The molecular weight excluding hydrogens is 286 g/mol. The molecule has 0 spiro atoms. The fourth-order valence-corrected chi connectivity index (χ4v) is 4.15. The first-order valence-electron chi connectivity index (χ1n) is 7.58. The maximum Gasteiger partial charge on any atom is 0.235 e. The predicted octanol–water partition coefficient (Wildman–Crippen LogP) is 5.01. The van der Waals surface area contributed by atoms with Gasteiger partial charge in [0.2, 0.25) is 10.5 Å². The summed E-state index contributed by atoms with van der Waals surface area (Å²) in [5, 5.41) is 3.97. The van der Waals surface area contributed by atoms with Gasteiger partial charge in [0.25, 0.3) is 0 Å². The van der Waals surface area contributed by atoms with Crippen LogP contribution in [0, 0.1) is 13.8 Å². The molecule has 22 heavy (non-hydrogen) atoms. The van der Waals surface area contributed by atoms with E-state index in [1.54, 1.807) is 0 Å². The molecule has 108 valence electrons. The van der Waals surface area contributed by atoms with E-state index in [-0.39, 0.29) is 0 Å². The molecule has 0 aliphatic heterocycles. The lowest BCUT2D eigenvalue weighted by molar-refractivity contribution is -0.664. The molecule has 4 rings (SSSR count). The first-order chi connectivity index (χ1) is 10.7. The van der Waals surface area contributed by atoms with Crippen molar-refractivity contribution in [3.8, 4) is 0 Å². The molecule has 3 aromatic carbocycles. The van der Waals surface area contributed by atoms with Gasteiger partial charge in [-0.2, -0.15) is 4.57 Å². The maximum absolute atomic E-state index is 2.42. The highest BCUT2D eigenvalue weighted by Crippen LogP contribution is 2.22. The average molecular weight is 304 g/mol. The monoisotopic (exact) mass is 304 g/mol. The van der Waals surface area contributed by atoms with E-state index in [1.165, 1.54) is 37.1 Å². The normalized spacial score (nSPS) is 11.4. The molecule has 0 fully saturated rings. The van der Waals surface area contributed by atoms with Gasteiger partial charge in [-0.1, -0.05) is 53.8 Å². The molecule has 0 aliphatic carbocycles. The second-order valence-corrected chi connectivity index (χ2v) is 7.09. The Bertz CT molecular complexity index is 982. The molecule has 0 aliphatic rings. The van der Waals surface area contributed by atoms with Crippen LogP contribution in [0.1, 0.15) is 16.1 Å². The molecule has 4 aromatic rings. The number of hydrogen-bond acceptors (Lipinski definition) is 1. The van der Waals surface area contributed by atoms with E-state index in [0.29, 0.717) is 0 Å². The van der Waals surface area contributed by atoms with Gasteiger partial charge >= 0.3 is 0 Å². The van der Waals surface area contributed by atoms with Crippen LogP contribution in [0.4, 0.5) is 0 Å².